The van der Waals surface area contributed by atoms with Crippen molar-refractivity contribution in [1.29, 1.82) is 0 Å². The van der Waals surface area contributed by atoms with E-state index in [-0.39, 0.29) is 0 Å². The van der Waals surface area contributed by atoms with Gasteiger partial charge in [-0.1, -0.05) is 19.9 Å². The van der Waals surface area contributed by atoms with Gasteiger partial charge in [0.1, 0.15) is 0 Å². The summed E-state index contributed by atoms with van der Waals surface area (Å²) in [5.74, 6) is 0.717. The monoisotopic (exact) mass is 249 g/mol. The van der Waals surface area contributed by atoms with E-state index in [0.29, 0.717) is 0 Å². The average Bonchev–Trinajstić information content (AvgIpc) is 2.80. The molecule has 0 fully saturated rings. The second kappa shape index (κ2) is 6.76. The molecule has 2 rings (SSSR count). The lowest BCUT2D eigenvalue weighted by atomic mass is 10.1. The van der Waals surface area contributed by atoms with E-state index >= 15 is 0 Å². The predicted octanol–water partition coefficient (Wildman–Crippen LogP) is 3.19. The zero-order valence-electron chi connectivity index (χ0n) is 11.4. The Morgan fingerprint density at radius 1 is 1.22 bits per heavy atom. The molecule has 1 aliphatic rings. The van der Waals surface area contributed by atoms with E-state index in [1.54, 1.807) is 0 Å². The maximum atomic E-state index is 5.57. The molecule has 1 aromatic carbocycles. The second-order valence-corrected chi connectivity index (χ2v) is 5.20. The molecule has 1 heterocycles. The van der Waals surface area contributed by atoms with Crippen LogP contribution in [0.15, 0.2) is 18.2 Å². The van der Waals surface area contributed by atoms with Crippen molar-refractivity contribution in [2.45, 2.75) is 33.5 Å². The standard InChI is InChI=1S/C15H23NO2/c1-12(2)5-7-17-8-6-16-15-4-3-13-10-18-11-14(13)9-15/h3-4,9,12,16H,5-8,10-11H2,1-2H3. The molecule has 0 spiro atoms. The van der Waals surface area contributed by atoms with Gasteiger partial charge in [0.2, 0.25) is 0 Å². The van der Waals surface area contributed by atoms with Crippen LogP contribution in [0.1, 0.15) is 31.4 Å². The van der Waals surface area contributed by atoms with Crippen LogP contribution in [-0.2, 0) is 22.7 Å². The van der Waals surface area contributed by atoms with Gasteiger partial charge in [0.25, 0.3) is 0 Å². The maximum Gasteiger partial charge on any atom is 0.0725 e. The minimum Gasteiger partial charge on any atom is -0.383 e. The largest absolute Gasteiger partial charge is 0.383 e. The molecule has 0 saturated carbocycles. The summed E-state index contributed by atoms with van der Waals surface area (Å²) < 4.78 is 11.0. The van der Waals surface area contributed by atoms with Crippen LogP contribution >= 0.6 is 0 Å². The second-order valence-electron chi connectivity index (χ2n) is 5.20. The van der Waals surface area contributed by atoms with E-state index in [1.165, 1.54) is 11.1 Å². The molecule has 3 nitrogen and oxygen atoms in total. The number of benzene rings is 1. The molecule has 100 valence electrons. The van der Waals surface area contributed by atoms with Gasteiger partial charge >= 0.3 is 0 Å². The number of anilines is 1. The van der Waals surface area contributed by atoms with Crippen molar-refractivity contribution in [2.24, 2.45) is 5.92 Å². The highest BCUT2D eigenvalue weighted by Crippen LogP contribution is 2.22. The molecule has 1 aromatic rings. The first-order valence-electron chi connectivity index (χ1n) is 6.77. The van der Waals surface area contributed by atoms with E-state index in [2.05, 4.69) is 37.4 Å². The lowest BCUT2D eigenvalue weighted by molar-refractivity contribution is 0.132. The van der Waals surface area contributed by atoms with E-state index < -0.39 is 0 Å². The SMILES string of the molecule is CC(C)CCOCCNc1ccc2c(c1)COC2. The van der Waals surface area contributed by atoms with Gasteiger partial charge in [0.15, 0.2) is 0 Å². The summed E-state index contributed by atoms with van der Waals surface area (Å²) >= 11 is 0. The molecule has 0 radical (unpaired) electrons. The number of ether oxygens (including phenoxy) is 2. The molecule has 3 heteroatoms. The van der Waals surface area contributed by atoms with E-state index in [1.807, 2.05) is 0 Å². The first-order chi connectivity index (χ1) is 8.75. The van der Waals surface area contributed by atoms with Gasteiger partial charge in [-0.25, -0.2) is 0 Å². The lowest BCUT2D eigenvalue weighted by Gasteiger charge is -2.09. The van der Waals surface area contributed by atoms with Gasteiger partial charge < -0.3 is 14.8 Å². The Morgan fingerprint density at radius 3 is 2.89 bits per heavy atom. The minimum absolute atomic E-state index is 0.717. The molecule has 1 N–H and O–H groups in total. The van der Waals surface area contributed by atoms with Gasteiger partial charge in [-0.3, -0.25) is 0 Å². The molecular weight excluding hydrogens is 226 g/mol. The molecule has 0 bridgehead atoms. The van der Waals surface area contributed by atoms with Crippen molar-refractivity contribution >= 4 is 5.69 Å². The summed E-state index contributed by atoms with van der Waals surface area (Å²) in [7, 11) is 0. The van der Waals surface area contributed by atoms with Crippen LogP contribution in [0.2, 0.25) is 0 Å². The summed E-state index contributed by atoms with van der Waals surface area (Å²) in [5.41, 5.74) is 3.78. The van der Waals surface area contributed by atoms with Crippen molar-refractivity contribution in [1.82, 2.24) is 0 Å². The van der Waals surface area contributed by atoms with Crippen molar-refractivity contribution < 1.29 is 9.47 Å². The Labute approximate surface area is 109 Å². The Kier molecular flexibility index (Phi) is 5.02. The normalized spacial score (nSPS) is 13.9. The molecule has 0 aliphatic carbocycles. The van der Waals surface area contributed by atoms with Crippen LogP contribution in [-0.4, -0.2) is 19.8 Å². The molecule has 0 amide bonds. The van der Waals surface area contributed by atoms with Gasteiger partial charge in [0.05, 0.1) is 19.8 Å². The molecule has 18 heavy (non-hydrogen) atoms. The molecule has 0 aromatic heterocycles. The van der Waals surface area contributed by atoms with E-state index in [9.17, 15) is 0 Å². The average molecular weight is 249 g/mol. The number of fused-ring (bicyclic) bond motifs is 1. The quantitative estimate of drug-likeness (QED) is 0.753. The van der Waals surface area contributed by atoms with Crippen LogP contribution in [0.5, 0.6) is 0 Å². The highest BCUT2D eigenvalue weighted by Gasteiger charge is 2.10. The third kappa shape index (κ3) is 4.00. The summed E-state index contributed by atoms with van der Waals surface area (Å²) in [4.78, 5) is 0. The fourth-order valence-corrected chi connectivity index (χ4v) is 1.97. The number of rotatable bonds is 7. The number of hydrogen-bond donors (Lipinski definition) is 1. The first kappa shape index (κ1) is 13.4. The summed E-state index contributed by atoms with van der Waals surface area (Å²) in [6, 6.07) is 6.43. The van der Waals surface area contributed by atoms with Gasteiger partial charge in [0, 0.05) is 18.8 Å². The van der Waals surface area contributed by atoms with Crippen LogP contribution in [0, 0.1) is 5.92 Å². The first-order valence-corrected chi connectivity index (χ1v) is 6.77. The minimum atomic E-state index is 0.717. The molecular formula is C15H23NO2. The highest BCUT2D eigenvalue weighted by atomic mass is 16.5. The molecule has 1 aliphatic heterocycles. The van der Waals surface area contributed by atoms with E-state index in [4.69, 9.17) is 9.47 Å². The Morgan fingerprint density at radius 2 is 2.06 bits per heavy atom. The Bertz CT molecular complexity index is 377. The van der Waals surface area contributed by atoms with Crippen molar-refractivity contribution in [3.05, 3.63) is 29.3 Å². The number of hydrogen-bond acceptors (Lipinski definition) is 3. The Balaban J connectivity index is 1.65. The lowest BCUT2D eigenvalue weighted by Crippen LogP contribution is -2.11. The smallest absolute Gasteiger partial charge is 0.0725 e. The van der Waals surface area contributed by atoms with E-state index in [0.717, 1.165) is 51.0 Å². The van der Waals surface area contributed by atoms with Gasteiger partial charge in [-0.15, -0.1) is 0 Å². The zero-order chi connectivity index (χ0) is 12.8. The van der Waals surface area contributed by atoms with Gasteiger partial charge in [-0.2, -0.15) is 0 Å². The van der Waals surface area contributed by atoms with Crippen molar-refractivity contribution in [3.63, 3.8) is 0 Å². The third-order valence-corrected chi connectivity index (χ3v) is 3.14. The van der Waals surface area contributed by atoms with Gasteiger partial charge in [-0.05, 0) is 35.6 Å². The fourth-order valence-electron chi connectivity index (χ4n) is 1.97. The van der Waals surface area contributed by atoms with Crippen molar-refractivity contribution in [3.8, 4) is 0 Å². The zero-order valence-corrected chi connectivity index (χ0v) is 11.4. The highest BCUT2D eigenvalue weighted by molar-refractivity contribution is 5.49. The summed E-state index contributed by atoms with van der Waals surface area (Å²) in [6.07, 6.45) is 1.14. The van der Waals surface area contributed by atoms with Crippen LogP contribution < -0.4 is 5.32 Å². The Hall–Kier alpha value is -1.06. The van der Waals surface area contributed by atoms with Crippen LogP contribution in [0.4, 0.5) is 5.69 Å². The summed E-state index contributed by atoms with van der Waals surface area (Å²) in [5, 5.41) is 3.38. The molecule has 0 unspecified atom stereocenters. The molecule has 0 atom stereocenters. The third-order valence-electron chi connectivity index (χ3n) is 3.14. The summed E-state index contributed by atoms with van der Waals surface area (Å²) in [6.45, 7) is 8.42. The predicted molar refractivity (Wildman–Crippen MR) is 73.7 cm³/mol. The van der Waals surface area contributed by atoms with Crippen molar-refractivity contribution in [2.75, 3.05) is 25.1 Å². The van der Waals surface area contributed by atoms with Crippen LogP contribution in [0.3, 0.4) is 0 Å². The maximum absolute atomic E-state index is 5.57. The molecule has 0 saturated heterocycles. The van der Waals surface area contributed by atoms with Crippen LogP contribution in [0.25, 0.3) is 0 Å². The topological polar surface area (TPSA) is 30.5 Å². The fraction of sp³-hybridized carbons (Fsp3) is 0.600. The number of nitrogens with one attached hydrogen (secondary N) is 1.